The molecule has 0 atom stereocenters. The molecule has 1 aliphatic heterocycles. The van der Waals surface area contributed by atoms with Crippen LogP contribution in [0.4, 0.5) is 4.39 Å². The van der Waals surface area contributed by atoms with E-state index in [1.54, 1.807) is 13.0 Å². The van der Waals surface area contributed by atoms with Gasteiger partial charge in [0.1, 0.15) is 5.82 Å². The second-order valence-electron chi connectivity index (χ2n) is 5.72. The first-order valence-corrected chi connectivity index (χ1v) is 7.31. The van der Waals surface area contributed by atoms with Gasteiger partial charge in [-0.2, -0.15) is 0 Å². The lowest BCUT2D eigenvalue weighted by molar-refractivity contribution is 0.0889. The molecular weight excluding hydrogens is 289 g/mol. The lowest BCUT2D eigenvalue weighted by atomic mass is 9.87. The van der Waals surface area contributed by atoms with Crippen LogP contribution >= 0.6 is 12.2 Å². The van der Waals surface area contributed by atoms with Crippen LogP contribution in [0.5, 0.6) is 0 Å². The Morgan fingerprint density at radius 3 is 2.52 bits per heavy atom. The van der Waals surface area contributed by atoms with Crippen molar-refractivity contribution >= 4 is 23.1 Å². The van der Waals surface area contributed by atoms with Gasteiger partial charge in [0, 0.05) is 18.7 Å². The Morgan fingerprint density at radius 2 is 2.00 bits per heavy atom. The normalized spacial score (nSPS) is 18.2. The van der Waals surface area contributed by atoms with E-state index in [1.807, 2.05) is 7.05 Å². The SMILES string of the molecule is Cc1cc(F)cc(C(=O)NC2(C(N)=S)CCN(C)CC2)c1. The number of piperidine rings is 1. The van der Waals surface area contributed by atoms with Gasteiger partial charge in [-0.05, 0) is 50.6 Å². The summed E-state index contributed by atoms with van der Waals surface area (Å²) in [6.07, 6.45) is 1.33. The standard InChI is InChI=1S/C15H20FN3OS/c1-10-7-11(9-12(16)8-10)13(20)18-15(14(17)21)3-5-19(2)6-4-15/h7-9H,3-6H2,1-2H3,(H2,17,21)(H,18,20). The maximum atomic E-state index is 13.4. The number of hydrogen-bond acceptors (Lipinski definition) is 3. The third kappa shape index (κ3) is 3.57. The first-order chi connectivity index (χ1) is 9.82. The molecule has 2 rings (SSSR count). The smallest absolute Gasteiger partial charge is 0.252 e. The summed E-state index contributed by atoms with van der Waals surface area (Å²) in [7, 11) is 2.02. The monoisotopic (exact) mass is 309 g/mol. The van der Waals surface area contributed by atoms with Crippen molar-refractivity contribution in [2.45, 2.75) is 25.3 Å². The van der Waals surface area contributed by atoms with Crippen LogP contribution in [0.3, 0.4) is 0 Å². The van der Waals surface area contributed by atoms with Crippen molar-refractivity contribution < 1.29 is 9.18 Å². The molecule has 1 fully saturated rings. The first-order valence-electron chi connectivity index (χ1n) is 6.90. The molecule has 0 aromatic heterocycles. The summed E-state index contributed by atoms with van der Waals surface area (Å²) < 4.78 is 13.4. The molecule has 6 heteroatoms. The number of nitrogens with zero attached hydrogens (tertiary/aromatic N) is 1. The Labute approximate surface area is 129 Å². The van der Waals surface area contributed by atoms with Crippen LogP contribution in [0.25, 0.3) is 0 Å². The quantitative estimate of drug-likeness (QED) is 0.833. The number of thiocarbonyl (C=S) groups is 1. The van der Waals surface area contributed by atoms with Gasteiger partial charge in [-0.1, -0.05) is 12.2 Å². The summed E-state index contributed by atoms with van der Waals surface area (Å²) in [6, 6.07) is 4.26. The van der Waals surface area contributed by atoms with Gasteiger partial charge in [0.25, 0.3) is 5.91 Å². The second kappa shape index (κ2) is 6.07. The van der Waals surface area contributed by atoms with E-state index in [0.717, 1.165) is 13.1 Å². The van der Waals surface area contributed by atoms with Crippen molar-refractivity contribution in [2.75, 3.05) is 20.1 Å². The highest BCUT2D eigenvalue weighted by atomic mass is 32.1. The number of likely N-dealkylation sites (tertiary alicyclic amines) is 1. The predicted octanol–water partition coefficient (Wildman–Crippen LogP) is 1.61. The third-order valence-electron chi connectivity index (χ3n) is 3.97. The highest BCUT2D eigenvalue weighted by Gasteiger charge is 2.38. The minimum atomic E-state index is -0.681. The van der Waals surface area contributed by atoms with Gasteiger partial charge in [0.15, 0.2) is 0 Å². The van der Waals surface area contributed by atoms with Crippen LogP contribution in [0.1, 0.15) is 28.8 Å². The number of rotatable bonds is 3. The molecule has 1 amide bonds. The Bertz CT molecular complexity index is 548. The van der Waals surface area contributed by atoms with Crippen LogP contribution in [-0.2, 0) is 0 Å². The molecule has 3 N–H and O–H groups in total. The Balaban J connectivity index is 2.21. The zero-order valence-electron chi connectivity index (χ0n) is 12.3. The number of nitrogens with two attached hydrogens (primary N) is 1. The maximum absolute atomic E-state index is 13.4. The number of benzene rings is 1. The lowest BCUT2D eigenvalue weighted by Gasteiger charge is -2.40. The molecule has 1 aliphatic rings. The summed E-state index contributed by atoms with van der Waals surface area (Å²) in [6.45, 7) is 3.36. The average molecular weight is 309 g/mol. The van der Waals surface area contributed by atoms with E-state index in [1.165, 1.54) is 12.1 Å². The highest BCUT2D eigenvalue weighted by molar-refractivity contribution is 7.80. The molecule has 21 heavy (non-hydrogen) atoms. The number of carbonyl (C=O) groups is 1. The van der Waals surface area contributed by atoms with Crippen molar-refractivity contribution in [3.63, 3.8) is 0 Å². The summed E-state index contributed by atoms with van der Waals surface area (Å²) in [5, 5.41) is 2.92. The van der Waals surface area contributed by atoms with E-state index in [2.05, 4.69) is 10.2 Å². The fourth-order valence-electron chi connectivity index (χ4n) is 2.59. The number of aryl methyl sites for hydroxylation is 1. The van der Waals surface area contributed by atoms with Gasteiger partial charge < -0.3 is 16.0 Å². The number of halogens is 1. The molecule has 1 aromatic carbocycles. The van der Waals surface area contributed by atoms with Crippen molar-refractivity contribution in [2.24, 2.45) is 5.73 Å². The molecule has 1 saturated heterocycles. The zero-order chi connectivity index (χ0) is 15.6. The molecule has 4 nitrogen and oxygen atoms in total. The molecule has 0 saturated carbocycles. The fourth-order valence-corrected chi connectivity index (χ4v) is 2.85. The summed E-state index contributed by atoms with van der Waals surface area (Å²) in [4.78, 5) is 14.9. The van der Waals surface area contributed by atoms with Crippen LogP contribution in [0.15, 0.2) is 18.2 Å². The number of nitrogens with one attached hydrogen (secondary N) is 1. The molecule has 0 unspecified atom stereocenters. The molecule has 0 bridgehead atoms. The first kappa shape index (κ1) is 15.9. The molecule has 0 spiro atoms. The van der Waals surface area contributed by atoms with E-state index in [9.17, 15) is 9.18 Å². The van der Waals surface area contributed by atoms with Crippen molar-refractivity contribution in [1.29, 1.82) is 0 Å². The predicted molar refractivity (Wildman–Crippen MR) is 84.9 cm³/mol. The summed E-state index contributed by atoms with van der Waals surface area (Å²) >= 11 is 5.16. The van der Waals surface area contributed by atoms with Crippen molar-refractivity contribution in [3.05, 3.63) is 35.1 Å². The van der Waals surface area contributed by atoms with Gasteiger partial charge in [0.05, 0.1) is 10.5 Å². The minimum absolute atomic E-state index is 0.289. The van der Waals surface area contributed by atoms with E-state index in [-0.39, 0.29) is 10.9 Å². The van der Waals surface area contributed by atoms with Crippen LogP contribution in [0, 0.1) is 12.7 Å². The van der Waals surface area contributed by atoms with Gasteiger partial charge in [-0.25, -0.2) is 4.39 Å². The molecule has 0 radical (unpaired) electrons. The van der Waals surface area contributed by atoms with Crippen LogP contribution in [0.2, 0.25) is 0 Å². The third-order valence-corrected chi connectivity index (χ3v) is 4.36. The molecule has 1 heterocycles. The van der Waals surface area contributed by atoms with Crippen LogP contribution in [-0.4, -0.2) is 41.5 Å². The van der Waals surface area contributed by atoms with E-state index >= 15 is 0 Å². The molecule has 114 valence electrons. The van der Waals surface area contributed by atoms with Gasteiger partial charge in [0.2, 0.25) is 0 Å². The number of carbonyl (C=O) groups excluding carboxylic acids is 1. The average Bonchev–Trinajstić information content (AvgIpc) is 2.40. The Kier molecular flexibility index (Phi) is 4.58. The summed E-state index contributed by atoms with van der Waals surface area (Å²) in [5.41, 5.74) is 6.17. The van der Waals surface area contributed by atoms with Crippen molar-refractivity contribution in [3.8, 4) is 0 Å². The zero-order valence-corrected chi connectivity index (χ0v) is 13.1. The van der Waals surface area contributed by atoms with Gasteiger partial charge in [-0.15, -0.1) is 0 Å². The van der Waals surface area contributed by atoms with Crippen molar-refractivity contribution in [1.82, 2.24) is 10.2 Å². The molecule has 1 aromatic rings. The summed E-state index contributed by atoms with van der Waals surface area (Å²) in [5.74, 6) is -0.761. The molecular formula is C15H20FN3OS. The fraction of sp³-hybridized carbons (Fsp3) is 0.467. The van der Waals surface area contributed by atoms with Crippen LogP contribution < -0.4 is 11.1 Å². The Morgan fingerprint density at radius 1 is 1.38 bits per heavy atom. The minimum Gasteiger partial charge on any atom is -0.391 e. The number of amides is 1. The lowest BCUT2D eigenvalue weighted by Crippen LogP contribution is -2.61. The van der Waals surface area contributed by atoms with E-state index < -0.39 is 11.4 Å². The van der Waals surface area contributed by atoms with E-state index in [0.29, 0.717) is 24.0 Å². The largest absolute Gasteiger partial charge is 0.391 e. The van der Waals surface area contributed by atoms with E-state index in [4.69, 9.17) is 18.0 Å². The topological polar surface area (TPSA) is 58.4 Å². The van der Waals surface area contributed by atoms with Gasteiger partial charge >= 0.3 is 0 Å². The van der Waals surface area contributed by atoms with Gasteiger partial charge in [-0.3, -0.25) is 4.79 Å². The molecule has 0 aliphatic carbocycles. The highest BCUT2D eigenvalue weighted by Crippen LogP contribution is 2.23. The maximum Gasteiger partial charge on any atom is 0.252 e. The Hall–Kier alpha value is -1.53. The second-order valence-corrected chi connectivity index (χ2v) is 6.16. The number of hydrogen-bond donors (Lipinski definition) is 2.